The Morgan fingerprint density at radius 3 is 2.90 bits per heavy atom. The average molecular weight is 300 g/mol. The highest BCUT2D eigenvalue weighted by atomic mass is 32.1. The van der Waals surface area contributed by atoms with Crippen molar-refractivity contribution in [2.45, 2.75) is 0 Å². The molecule has 0 unspecified atom stereocenters. The summed E-state index contributed by atoms with van der Waals surface area (Å²) in [7, 11) is 1.40. The molecule has 9 heteroatoms. The molecular weight excluding hydrogens is 284 g/mol. The van der Waals surface area contributed by atoms with Crippen molar-refractivity contribution in [1.82, 2.24) is 15.8 Å². The molecule has 1 saturated heterocycles. The Bertz CT molecular complexity index is 473. The molecule has 0 atom stereocenters. The molecule has 1 aliphatic heterocycles. The number of methoxy groups -OCH3 is 1. The third kappa shape index (κ3) is 3.89. The Morgan fingerprint density at radius 2 is 2.20 bits per heavy atom. The predicted molar refractivity (Wildman–Crippen MR) is 72.6 cm³/mol. The molecule has 2 heterocycles. The van der Waals surface area contributed by atoms with Crippen molar-refractivity contribution >= 4 is 28.3 Å². The lowest BCUT2D eigenvalue weighted by Gasteiger charge is -2.25. The number of hydrazine groups is 1. The van der Waals surface area contributed by atoms with Crippen LogP contribution in [0.5, 0.6) is 0 Å². The summed E-state index contributed by atoms with van der Waals surface area (Å²) >= 11 is 1.39. The van der Waals surface area contributed by atoms with Gasteiger partial charge in [0.05, 0.1) is 13.2 Å². The maximum absolute atomic E-state index is 11.8. The van der Waals surface area contributed by atoms with Gasteiger partial charge in [0.15, 0.2) is 5.13 Å². The van der Waals surface area contributed by atoms with Gasteiger partial charge in [-0.2, -0.15) is 0 Å². The van der Waals surface area contributed by atoms with Crippen molar-refractivity contribution in [3.63, 3.8) is 0 Å². The third-order valence-corrected chi connectivity index (χ3v) is 3.50. The first-order valence-electron chi connectivity index (χ1n) is 6.07. The normalized spacial score (nSPS) is 14.9. The topological polar surface area (TPSA) is 92.8 Å². The number of anilines is 1. The number of aromatic nitrogens is 1. The van der Waals surface area contributed by atoms with E-state index in [0.717, 1.165) is 18.2 Å². The summed E-state index contributed by atoms with van der Waals surface area (Å²) < 4.78 is 9.89. The number of thiazole rings is 1. The third-order valence-electron chi connectivity index (χ3n) is 2.60. The number of carbonyl (C=O) groups is 2. The van der Waals surface area contributed by atoms with Crippen LogP contribution in [0.1, 0.15) is 10.5 Å². The Morgan fingerprint density at radius 1 is 1.45 bits per heavy atom. The second kappa shape index (κ2) is 7.17. The molecule has 8 nitrogen and oxygen atoms in total. The Hall–Kier alpha value is -1.71. The van der Waals surface area contributed by atoms with Gasteiger partial charge in [0.2, 0.25) is 0 Å². The van der Waals surface area contributed by atoms with Gasteiger partial charge in [-0.15, -0.1) is 11.3 Å². The maximum atomic E-state index is 11.8. The van der Waals surface area contributed by atoms with E-state index in [4.69, 9.17) is 4.74 Å². The zero-order valence-electron chi connectivity index (χ0n) is 11.0. The summed E-state index contributed by atoms with van der Waals surface area (Å²) in [5.41, 5.74) is 4.79. The van der Waals surface area contributed by atoms with E-state index in [9.17, 15) is 9.59 Å². The van der Waals surface area contributed by atoms with E-state index in [1.807, 2.05) is 0 Å². The molecule has 20 heavy (non-hydrogen) atoms. The first kappa shape index (κ1) is 14.7. The number of hydrogen-bond donors (Lipinski definition) is 2. The van der Waals surface area contributed by atoms with Gasteiger partial charge in [-0.25, -0.2) is 4.98 Å². The largest absolute Gasteiger partial charge is 0.378 e. The van der Waals surface area contributed by atoms with Crippen molar-refractivity contribution < 1.29 is 19.1 Å². The smallest absolute Gasteiger partial charge is 0.289 e. The molecule has 1 fully saturated rings. The van der Waals surface area contributed by atoms with Crippen LogP contribution < -0.4 is 15.8 Å². The number of ether oxygens (including phenoxy) is 2. The lowest BCUT2D eigenvalue weighted by Crippen LogP contribution is -2.43. The molecule has 2 rings (SSSR count). The minimum absolute atomic E-state index is 0.115. The fraction of sp³-hybridized carbons (Fsp3) is 0.545. The number of carbonyl (C=O) groups excluding carboxylic acids is 2. The Labute approximate surface area is 120 Å². The van der Waals surface area contributed by atoms with Crippen LogP contribution in [0.25, 0.3) is 0 Å². The van der Waals surface area contributed by atoms with Gasteiger partial charge < -0.3 is 14.4 Å². The maximum Gasteiger partial charge on any atom is 0.289 e. The zero-order chi connectivity index (χ0) is 14.4. The molecule has 2 N–H and O–H groups in total. The molecule has 0 aliphatic carbocycles. The van der Waals surface area contributed by atoms with Crippen molar-refractivity contribution in [3.8, 4) is 0 Å². The summed E-state index contributed by atoms with van der Waals surface area (Å²) in [5.74, 6) is -0.880. The summed E-state index contributed by atoms with van der Waals surface area (Å²) in [5, 5.41) is 2.43. The monoisotopic (exact) mass is 300 g/mol. The van der Waals surface area contributed by atoms with Gasteiger partial charge in [-0.3, -0.25) is 20.4 Å². The van der Waals surface area contributed by atoms with E-state index in [1.54, 1.807) is 5.38 Å². The molecular formula is C11H16N4O4S. The van der Waals surface area contributed by atoms with E-state index in [1.165, 1.54) is 18.4 Å². The molecule has 0 saturated carbocycles. The van der Waals surface area contributed by atoms with Gasteiger partial charge in [-0.1, -0.05) is 0 Å². The van der Waals surface area contributed by atoms with Gasteiger partial charge in [-0.05, 0) is 0 Å². The van der Waals surface area contributed by atoms with Crippen molar-refractivity contribution in [1.29, 1.82) is 0 Å². The number of nitrogens with zero attached hydrogens (tertiary/aromatic N) is 2. The van der Waals surface area contributed by atoms with Crippen LogP contribution in [0.15, 0.2) is 5.38 Å². The fourth-order valence-corrected chi connectivity index (χ4v) is 2.49. The minimum atomic E-state index is -0.454. The van der Waals surface area contributed by atoms with Crippen molar-refractivity contribution in [2.75, 3.05) is 44.9 Å². The summed E-state index contributed by atoms with van der Waals surface area (Å²) in [4.78, 5) is 29.2. The average Bonchev–Trinajstić information content (AvgIpc) is 2.96. The van der Waals surface area contributed by atoms with Crippen LogP contribution >= 0.6 is 11.3 Å². The number of morpholine rings is 1. The molecule has 110 valence electrons. The summed E-state index contributed by atoms with van der Waals surface area (Å²) in [6, 6.07) is 0. The van der Waals surface area contributed by atoms with E-state index in [2.05, 4.69) is 25.5 Å². The van der Waals surface area contributed by atoms with Gasteiger partial charge >= 0.3 is 0 Å². The van der Waals surface area contributed by atoms with E-state index >= 15 is 0 Å². The lowest BCUT2D eigenvalue weighted by molar-refractivity contribution is -0.125. The second-order valence-corrected chi connectivity index (χ2v) is 4.89. The summed E-state index contributed by atoms with van der Waals surface area (Å²) in [6.07, 6.45) is 0. The standard InChI is InChI=1S/C11H16N4O4S/c1-18-6-9(16)13-14-10(17)8-7-20-11(12-8)15-2-4-19-5-3-15/h7H,2-6H2,1H3,(H,13,16)(H,14,17). The number of rotatable bonds is 4. The SMILES string of the molecule is COCC(=O)NNC(=O)c1csc(N2CCOCC2)n1. The minimum Gasteiger partial charge on any atom is -0.378 e. The first-order chi connectivity index (χ1) is 9.70. The van der Waals surface area contributed by atoms with Crippen LogP contribution in [-0.2, 0) is 14.3 Å². The molecule has 1 aliphatic rings. The lowest BCUT2D eigenvalue weighted by atomic mass is 10.4. The molecule has 2 amide bonds. The molecule has 0 aromatic carbocycles. The fourth-order valence-electron chi connectivity index (χ4n) is 1.63. The van der Waals surface area contributed by atoms with Gasteiger partial charge in [0.25, 0.3) is 11.8 Å². The van der Waals surface area contributed by atoms with Crippen LogP contribution in [0.3, 0.4) is 0 Å². The molecule has 0 spiro atoms. The van der Waals surface area contributed by atoms with Crippen molar-refractivity contribution in [2.24, 2.45) is 0 Å². The highest BCUT2D eigenvalue weighted by Gasteiger charge is 2.17. The quantitative estimate of drug-likeness (QED) is 0.721. The second-order valence-electron chi connectivity index (χ2n) is 4.05. The Kier molecular flexibility index (Phi) is 5.27. The number of amides is 2. The molecule has 1 aromatic heterocycles. The van der Waals surface area contributed by atoms with E-state index in [-0.39, 0.29) is 12.3 Å². The van der Waals surface area contributed by atoms with E-state index in [0.29, 0.717) is 13.2 Å². The van der Waals surface area contributed by atoms with Crippen molar-refractivity contribution in [3.05, 3.63) is 11.1 Å². The first-order valence-corrected chi connectivity index (χ1v) is 6.95. The summed E-state index contributed by atoms with van der Waals surface area (Å²) in [6.45, 7) is 2.73. The van der Waals surface area contributed by atoms with Gasteiger partial charge in [0.1, 0.15) is 12.3 Å². The predicted octanol–water partition coefficient (Wildman–Crippen LogP) is -0.613. The molecule has 0 radical (unpaired) electrons. The Balaban J connectivity index is 1.87. The van der Waals surface area contributed by atoms with Crippen LogP contribution in [0, 0.1) is 0 Å². The highest BCUT2D eigenvalue weighted by Crippen LogP contribution is 2.21. The molecule has 0 bridgehead atoms. The molecule has 1 aromatic rings. The zero-order valence-corrected chi connectivity index (χ0v) is 11.9. The van der Waals surface area contributed by atoms with Crippen LogP contribution in [0.2, 0.25) is 0 Å². The number of nitrogens with one attached hydrogen (secondary N) is 2. The van der Waals surface area contributed by atoms with E-state index < -0.39 is 11.8 Å². The van der Waals surface area contributed by atoms with Gasteiger partial charge in [0, 0.05) is 25.6 Å². The number of hydrogen-bond acceptors (Lipinski definition) is 7. The van der Waals surface area contributed by atoms with Crippen LogP contribution in [0.4, 0.5) is 5.13 Å². The highest BCUT2D eigenvalue weighted by molar-refractivity contribution is 7.13. The van der Waals surface area contributed by atoms with Crippen LogP contribution in [-0.4, -0.2) is 56.8 Å².